The van der Waals surface area contributed by atoms with Crippen molar-refractivity contribution in [2.45, 2.75) is 0 Å². The summed E-state index contributed by atoms with van der Waals surface area (Å²) in [7, 11) is 0. The highest BCUT2D eigenvalue weighted by Gasteiger charge is 2.10. The Bertz CT molecular complexity index is 1110. The molecule has 0 N–H and O–H groups in total. The number of hydrogen-bond acceptors (Lipinski definition) is 1. The predicted octanol–water partition coefficient (Wildman–Crippen LogP) is 6.72. The average Bonchev–Trinajstić information content (AvgIpc) is 2.72. The first kappa shape index (κ1) is 14.9. The summed E-state index contributed by atoms with van der Waals surface area (Å²) in [6.07, 6.45) is 0. The maximum absolute atomic E-state index is 5.13. The first-order chi connectivity index (χ1) is 12.9. The fourth-order valence-corrected chi connectivity index (χ4v) is 3.59. The second-order valence-corrected chi connectivity index (χ2v) is 6.48. The van der Waals surface area contributed by atoms with E-state index in [1.54, 1.807) is 0 Å². The molecule has 26 heavy (non-hydrogen) atoms. The summed E-state index contributed by atoms with van der Waals surface area (Å²) < 4.78 is 0. The molecule has 0 spiro atoms. The van der Waals surface area contributed by atoms with Crippen molar-refractivity contribution in [3.63, 3.8) is 0 Å². The van der Waals surface area contributed by atoms with Gasteiger partial charge in [0.05, 0.1) is 11.0 Å². The van der Waals surface area contributed by atoms with Crippen LogP contribution in [0.4, 0.5) is 0 Å². The van der Waals surface area contributed by atoms with Gasteiger partial charge < -0.3 is 0 Å². The van der Waals surface area contributed by atoms with Crippen LogP contribution in [-0.4, -0.2) is 4.98 Å². The minimum absolute atomic E-state index is 1.05. The largest absolute Gasteiger partial charge is 0.246 e. The molecule has 122 valence electrons. The van der Waals surface area contributed by atoms with Gasteiger partial charge in [0.1, 0.15) is 0 Å². The SMILES string of the molecule is c1ccc(-c2cccc3cc4cccc(-c5ccccc5)c4nc23)cc1. The Kier molecular flexibility index (Phi) is 3.50. The Labute approximate surface area is 152 Å². The molecule has 4 aromatic carbocycles. The molecule has 0 aliphatic rings. The highest BCUT2D eigenvalue weighted by Crippen LogP contribution is 2.33. The standard InChI is InChI=1S/C25H17N/c1-3-9-18(10-4-1)22-15-7-13-20-17-21-14-8-16-23(25(21)26-24(20)22)19-11-5-2-6-12-19/h1-17H. The minimum Gasteiger partial charge on any atom is -0.246 e. The second kappa shape index (κ2) is 6.12. The van der Waals surface area contributed by atoms with Crippen LogP contribution in [0.3, 0.4) is 0 Å². The van der Waals surface area contributed by atoms with Crippen LogP contribution in [-0.2, 0) is 0 Å². The van der Waals surface area contributed by atoms with Crippen molar-refractivity contribution in [1.29, 1.82) is 0 Å². The van der Waals surface area contributed by atoms with Crippen LogP contribution in [0.1, 0.15) is 0 Å². The molecule has 0 atom stereocenters. The maximum atomic E-state index is 5.13. The monoisotopic (exact) mass is 331 g/mol. The molecular weight excluding hydrogens is 314 g/mol. The number of benzene rings is 4. The number of aromatic nitrogens is 1. The predicted molar refractivity (Wildman–Crippen MR) is 110 cm³/mol. The first-order valence-corrected chi connectivity index (χ1v) is 8.83. The highest BCUT2D eigenvalue weighted by atomic mass is 14.7. The molecule has 5 rings (SSSR count). The van der Waals surface area contributed by atoms with Gasteiger partial charge in [-0.05, 0) is 17.2 Å². The van der Waals surface area contributed by atoms with Crippen LogP contribution in [0.25, 0.3) is 44.1 Å². The third-order valence-corrected chi connectivity index (χ3v) is 4.84. The van der Waals surface area contributed by atoms with Crippen molar-refractivity contribution < 1.29 is 0 Å². The highest BCUT2D eigenvalue weighted by molar-refractivity contribution is 6.04. The Hall–Kier alpha value is -3.45. The van der Waals surface area contributed by atoms with E-state index >= 15 is 0 Å². The molecule has 1 heteroatoms. The van der Waals surface area contributed by atoms with E-state index in [-0.39, 0.29) is 0 Å². The Morgan fingerprint density at radius 3 is 1.35 bits per heavy atom. The molecule has 0 unspecified atom stereocenters. The molecule has 0 aliphatic carbocycles. The van der Waals surface area contributed by atoms with Gasteiger partial charge in [-0.15, -0.1) is 0 Å². The van der Waals surface area contributed by atoms with Gasteiger partial charge in [-0.1, -0.05) is 97.1 Å². The quantitative estimate of drug-likeness (QED) is 0.327. The molecule has 0 saturated carbocycles. The van der Waals surface area contributed by atoms with E-state index in [0.29, 0.717) is 0 Å². The summed E-state index contributed by atoms with van der Waals surface area (Å²) in [5.74, 6) is 0. The van der Waals surface area contributed by atoms with E-state index in [4.69, 9.17) is 4.98 Å². The van der Waals surface area contributed by atoms with Gasteiger partial charge in [0.2, 0.25) is 0 Å². The Morgan fingerprint density at radius 2 is 0.885 bits per heavy atom. The number of rotatable bonds is 2. The molecule has 5 aromatic rings. The van der Waals surface area contributed by atoms with E-state index in [0.717, 1.165) is 11.0 Å². The summed E-state index contributed by atoms with van der Waals surface area (Å²) in [5.41, 5.74) is 6.84. The van der Waals surface area contributed by atoms with Gasteiger partial charge in [0.25, 0.3) is 0 Å². The average molecular weight is 331 g/mol. The van der Waals surface area contributed by atoms with E-state index in [9.17, 15) is 0 Å². The Morgan fingerprint density at radius 1 is 0.423 bits per heavy atom. The lowest BCUT2D eigenvalue weighted by atomic mass is 9.98. The second-order valence-electron chi connectivity index (χ2n) is 6.48. The van der Waals surface area contributed by atoms with Crippen LogP contribution in [0.15, 0.2) is 103 Å². The summed E-state index contributed by atoms with van der Waals surface area (Å²) in [6, 6.07) is 36.0. The smallest absolute Gasteiger partial charge is 0.0788 e. The summed E-state index contributed by atoms with van der Waals surface area (Å²) in [4.78, 5) is 5.13. The van der Waals surface area contributed by atoms with Gasteiger partial charge in [0.15, 0.2) is 0 Å². The number of para-hydroxylation sites is 2. The summed E-state index contributed by atoms with van der Waals surface area (Å²) in [5, 5.41) is 2.34. The lowest BCUT2D eigenvalue weighted by Crippen LogP contribution is -1.89. The molecule has 1 heterocycles. The van der Waals surface area contributed by atoms with E-state index in [1.807, 2.05) is 12.1 Å². The summed E-state index contributed by atoms with van der Waals surface area (Å²) >= 11 is 0. The molecule has 1 aromatic heterocycles. The summed E-state index contributed by atoms with van der Waals surface area (Å²) in [6.45, 7) is 0. The van der Waals surface area contributed by atoms with Crippen molar-refractivity contribution in [1.82, 2.24) is 4.98 Å². The number of pyridine rings is 1. The first-order valence-electron chi connectivity index (χ1n) is 8.83. The maximum Gasteiger partial charge on any atom is 0.0788 e. The third-order valence-electron chi connectivity index (χ3n) is 4.84. The van der Waals surface area contributed by atoms with Crippen molar-refractivity contribution in [3.05, 3.63) is 103 Å². The van der Waals surface area contributed by atoms with Crippen LogP contribution < -0.4 is 0 Å². The van der Waals surface area contributed by atoms with Gasteiger partial charge in [-0.25, -0.2) is 4.98 Å². The zero-order chi connectivity index (χ0) is 17.3. The minimum atomic E-state index is 1.05. The third kappa shape index (κ3) is 2.46. The van der Waals surface area contributed by atoms with E-state index < -0.39 is 0 Å². The topological polar surface area (TPSA) is 12.9 Å². The van der Waals surface area contributed by atoms with Gasteiger partial charge in [-0.3, -0.25) is 0 Å². The van der Waals surface area contributed by atoms with Crippen molar-refractivity contribution in [2.75, 3.05) is 0 Å². The molecule has 0 aliphatic heterocycles. The fraction of sp³-hybridized carbons (Fsp3) is 0. The molecular formula is C25H17N. The van der Waals surface area contributed by atoms with Crippen LogP contribution in [0.2, 0.25) is 0 Å². The van der Waals surface area contributed by atoms with Crippen LogP contribution in [0, 0.1) is 0 Å². The lowest BCUT2D eigenvalue weighted by Gasteiger charge is -2.11. The van der Waals surface area contributed by atoms with Crippen molar-refractivity contribution in [2.24, 2.45) is 0 Å². The molecule has 0 radical (unpaired) electrons. The van der Waals surface area contributed by atoms with Crippen LogP contribution >= 0.6 is 0 Å². The molecule has 1 nitrogen and oxygen atoms in total. The molecule has 0 bridgehead atoms. The zero-order valence-electron chi connectivity index (χ0n) is 14.3. The van der Waals surface area contributed by atoms with E-state index in [1.165, 1.54) is 33.0 Å². The molecule has 0 amide bonds. The number of nitrogens with zero attached hydrogens (tertiary/aromatic N) is 1. The zero-order valence-corrected chi connectivity index (χ0v) is 14.3. The fourth-order valence-electron chi connectivity index (χ4n) is 3.59. The number of hydrogen-bond donors (Lipinski definition) is 0. The lowest BCUT2D eigenvalue weighted by molar-refractivity contribution is 1.48. The van der Waals surface area contributed by atoms with Gasteiger partial charge >= 0.3 is 0 Å². The number of fused-ring (bicyclic) bond motifs is 2. The van der Waals surface area contributed by atoms with Gasteiger partial charge in [-0.2, -0.15) is 0 Å². The van der Waals surface area contributed by atoms with Gasteiger partial charge in [0, 0.05) is 21.9 Å². The molecule has 0 saturated heterocycles. The molecule has 0 fully saturated rings. The van der Waals surface area contributed by atoms with Crippen LogP contribution in [0.5, 0.6) is 0 Å². The Balaban J connectivity index is 1.85. The van der Waals surface area contributed by atoms with Crippen molar-refractivity contribution >= 4 is 21.8 Å². The van der Waals surface area contributed by atoms with Crippen molar-refractivity contribution in [3.8, 4) is 22.3 Å². The van der Waals surface area contributed by atoms with E-state index in [2.05, 4.69) is 91.0 Å². The normalized spacial score (nSPS) is 11.1.